The Bertz CT molecular complexity index is 644. The molecule has 1 aromatic carbocycles. The van der Waals surface area contributed by atoms with Gasteiger partial charge in [-0.25, -0.2) is 9.78 Å². The lowest BCUT2D eigenvalue weighted by Crippen LogP contribution is -2.06. The number of halogens is 1. The van der Waals surface area contributed by atoms with E-state index < -0.39 is 5.97 Å². The number of rotatable bonds is 3. The Labute approximate surface area is 118 Å². The fourth-order valence-corrected chi connectivity index (χ4v) is 1.93. The number of aromatic carboxylic acids is 1. The van der Waals surface area contributed by atoms with E-state index in [0.717, 1.165) is 15.7 Å². The second kappa shape index (κ2) is 5.27. The zero-order valence-electron chi connectivity index (χ0n) is 10.1. The lowest BCUT2D eigenvalue weighted by Gasteiger charge is -2.12. The van der Waals surface area contributed by atoms with Crippen LogP contribution in [0.15, 0.2) is 34.8 Å². The molecule has 5 nitrogen and oxygen atoms in total. The van der Waals surface area contributed by atoms with E-state index in [1.165, 1.54) is 12.1 Å². The molecule has 6 heteroatoms. The Morgan fingerprint density at radius 2 is 2.11 bits per heavy atom. The molecule has 1 aromatic heterocycles. The number of carbonyl (C=O) groups is 1. The number of carboxylic acids is 1. The molecule has 1 heterocycles. The van der Waals surface area contributed by atoms with Crippen molar-refractivity contribution in [1.82, 2.24) is 4.98 Å². The highest BCUT2D eigenvalue weighted by molar-refractivity contribution is 9.10. The number of nitrogens with zero attached hydrogens (tertiary/aromatic N) is 1. The van der Waals surface area contributed by atoms with Gasteiger partial charge in [-0.1, -0.05) is 22.0 Å². The van der Waals surface area contributed by atoms with Crippen LogP contribution in [0, 0.1) is 6.92 Å². The van der Waals surface area contributed by atoms with E-state index in [0.29, 0.717) is 11.5 Å². The molecule has 0 amide bonds. The summed E-state index contributed by atoms with van der Waals surface area (Å²) in [5.74, 6) is -0.755. The topological polar surface area (TPSA) is 88.2 Å². The first-order valence-electron chi connectivity index (χ1n) is 5.51. The van der Waals surface area contributed by atoms with Crippen molar-refractivity contribution < 1.29 is 9.90 Å². The van der Waals surface area contributed by atoms with Crippen LogP contribution in [0.3, 0.4) is 0 Å². The molecule has 2 aromatic rings. The van der Waals surface area contributed by atoms with E-state index in [-0.39, 0.29) is 5.69 Å². The van der Waals surface area contributed by atoms with Gasteiger partial charge < -0.3 is 16.2 Å². The maximum atomic E-state index is 10.9. The van der Waals surface area contributed by atoms with Gasteiger partial charge in [0.15, 0.2) is 11.5 Å². The number of hydrogen-bond acceptors (Lipinski definition) is 4. The number of nitrogens with two attached hydrogens (primary N) is 1. The third-order valence-corrected chi connectivity index (χ3v) is 3.53. The quantitative estimate of drug-likeness (QED) is 0.808. The van der Waals surface area contributed by atoms with Crippen LogP contribution in [-0.4, -0.2) is 16.1 Å². The largest absolute Gasteiger partial charge is 0.477 e. The number of nitrogen functional groups attached to an aromatic ring is 1. The molecule has 0 radical (unpaired) electrons. The molecular weight excluding hydrogens is 310 g/mol. The second-order valence-corrected chi connectivity index (χ2v) is 4.83. The van der Waals surface area contributed by atoms with Gasteiger partial charge in [-0.15, -0.1) is 0 Å². The van der Waals surface area contributed by atoms with E-state index in [1.807, 2.05) is 25.1 Å². The van der Waals surface area contributed by atoms with E-state index in [4.69, 9.17) is 10.8 Å². The predicted octanol–water partition coefficient (Wildman–Crippen LogP) is 3.18. The van der Waals surface area contributed by atoms with Gasteiger partial charge in [-0.2, -0.15) is 0 Å². The lowest BCUT2D eigenvalue weighted by atomic mass is 10.2. The Kier molecular flexibility index (Phi) is 3.71. The van der Waals surface area contributed by atoms with Crippen LogP contribution in [0.1, 0.15) is 16.1 Å². The monoisotopic (exact) mass is 321 g/mol. The van der Waals surface area contributed by atoms with E-state index in [2.05, 4.69) is 26.2 Å². The number of benzene rings is 1. The minimum atomic E-state index is -1.09. The normalized spacial score (nSPS) is 10.2. The molecule has 0 atom stereocenters. The van der Waals surface area contributed by atoms with Gasteiger partial charge in [0.05, 0.1) is 5.69 Å². The summed E-state index contributed by atoms with van der Waals surface area (Å²) in [6.45, 7) is 1.93. The van der Waals surface area contributed by atoms with Gasteiger partial charge in [0.2, 0.25) is 0 Å². The second-order valence-electron chi connectivity index (χ2n) is 3.98. The minimum Gasteiger partial charge on any atom is -0.477 e. The van der Waals surface area contributed by atoms with Crippen LogP contribution < -0.4 is 11.1 Å². The smallest absolute Gasteiger partial charge is 0.354 e. The van der Waals surface area contributed by atoms with E-state index in [1.54, 1.807) is 0 Å². The van der Waals surface area contributed by atoms with Gasteiger partial charge >= 0.3 is 5.97 Å². The first-order chi connectivity index (χ1) is 8.99. The molecule has 19 heavy (non-hydrogen) atoms. The lowest BCUT2D eigenvalue weighted by molar-refractivity contribution is 0.0690. The van der Waals surface area contributed by atoms with Crippen LogP contribution >= 0.6 is 15.9 Å². The van der Waals surface area contributed by atoms with Crippen molar-refractivity contribution in [2.75, 3.05) is 11.1 Å². The molecule has 0 unspecified atom stereocenters. The Morgan fingerprint density at radius 3 is 2.79 bits per heavy atom. The number of aromatic nitrogens is 1. The number of nitrogens with one attached hydrogen (secondary N) is 1. The molecule has 0 fully saturated rings. The summed E-state index contributed by atoms with van der Waals surface area (Å²) in [5.41, 5.74) is 7.94. The van der Waals surface area contributed by atoms with Crippen molar-refractivity contribution in [2.24, 2.45) is 0 Å². The molecule has 98 valence electrons. The van der Waals surface area contributed by atoms with Crippen LogP contribution in [0.2, 0.25) is 0 Å². The van der Waals surface area contributed by atoms with Crippen molar-refractivity contribution >= 4 is 39.1 Å². The highest BCUT2D eigenvalue weighted by Gasteiger charge is 2.10. The summed E-state index contributed by atoms with van der Waals surface area (Å²) in [6.07, 6.45) is 0. The fraction of sp³-hybridized carbons (Fsp3) is 0.0769. The molecule has 0 spiro atoms. The molecule has 0 saturated carbocycles. The third kappa shape index (κ3) is 2.85. The summed E-state index contributed by atoms with van der Waals surface area (Å²) < 4.78 is 0.950. The Hall–Kier alpha value is -2.08. The van der Waals surface area contributed by atoms with Crippen LogP contribution in [0.25, 0.3) is 0 Å². The molecule has 0 aliphatic rings. The summed E-state index contributed by atoms with van der Waals surface area (Å²) in [7, 11) is 0. The maximum Gasteiger partial charge on any atom is 0.354 e. The fourth-order valence-electron chi connectivity index (χ4n) is 1.56. The molecule has 0 aliphatic heterocycles. The highest BCUT2D eigenvalue weighted by atomic mass is 79.9. The number of pyridine rings is 1. The molecule has 4 N–H and O–H groups in total. The Balaban J connectivity index is 2.40. The van der Waals surface area contributed by atoms with Gasteiger partial charge in [-0.3, -0.25) is 0 Å². The molecule has 2 rings (SSSR count). The number of hydrogen-bond donors (Lipinski definition) is 3. The Morgan fingerprint density at radius 1 is 1.37 bits per heavy atom. The van der Waals surface area contributed by atoms with Crippen LogP contribution in [0.4, 0.5) is 17.2 Å². The van der Waals surface area contributed by atoms with Crippen molar-refractivity contribution in [1.29, 1.82) is 0 Å². The zero-order chi connectivity index (χ0) is 14.0. The summed E-state index contributed by atoms with van der Waals surface area (Å²) in [5, 5.41) is 12.0. The van der Waals surface area contributed by atoms with Crippen LogP contribution in [0.5, 0.6) is 0 Å². The summed E-state index contributed by atoms with van der Waals surface area (Å²) in [4.78, 5) is 14.9. The van der Waals surface area contributed by atoms with Gasteiger partial charge in [-0.05, 0) is 36.8 Å². The molecule has 0 saturated heterocycles. The van der Waals surface area contributed by atoms with Crippen molar-refractivity contribution in [3.63, 3.8) is 0 Å². The van der Waals surface area contributed by atoms with Gasteiger partial charge in [0.25, 0.3) is 0 Å². The van der Waals surface area contributed by atoms with Crippen molar-refractivity contribution in [3.05, 3.63) is 46.1 Å². The van der Waals surface area contributed by atoms with Crippen molar-refractivity contribution in [2.45, 2.75) is 6.92 Å². The highest BCUT2D eigenvalue weighted by Crippen LogP contribution is 2.28. The van der Waals surface area contributed by atoms with Crippen molar-refractivity contribution in [3.8, 4) is 0 Å². The summed E-state index contributed by atoms with van der Waals surface area (Å²) in [6, 6.07) is 8.55. The minimum absolute atomic E-state index is 0.0515. The standard InChI is InChI=1S/C13H12BrN3O2/c1-7-8(14)3-2-4-10(7)16-12-9(15)5-6-11(17-12)13(18)19/h2-6H,15H2,1H3,(H,16,17)(H,18,19). The molecule has 0 aliphatic carbocycles. The van der Waals surface area contributed by atoms with E-state index in [9.17, 15) is 4.79 Å². The number of carboxylic acid groups (broad SMARTS) is 1. The maximum absolute atomic E-state index is 10.9. The summed E-state index contributed by atoms with van der Waals surface area (Å²) >= 11 is 3.43. The molecular formula is C13H12BrN3O2. The first kappa shape index (κ1) is 13.4. The van der Waals surface area contributed by atoms with Gasteiger partial charge in [0.1, 0.15) is 0 Å². The average Bonchev–Trinajstić information content (AvgIpc) is 2.37. The van der Waals surface area contributed by atoms with E-state index >= 15 is 0 Å². The number of anilines is 3. The van der Waals surface area contributed by atoms with Crippen LogP contribution in [-0.2, 0) is 0 Å². The predicted molar refractivity (Wildman–Crippen MR) is 77.8 cm³/mol. The first-order valence-corrected chi connectivity index (χ1v) is 6.30. The SMILES string of the molecule is Cc1c(Br)cccc1Nc1nc(C(=O)O)ccc1N. The zero-order valence-corrected chi connectivity index (χ0v) is 11.7. The third-order valence-electron chi connectivity index (χ3n) is 2.67. The average molecular weight is 322 g/mol. The van der Waals surface area contributed by atoms with Gasteiger partial charge in [0, 0.05) is 10.2 Å². The molecule has 0 bridgehead atoms.